The molecule has 5 heteroatoms. The van der Waals surface area contributed by atoms with Gasteiger partial charge in [0.05, 0.1) is 0 Å². The van der Waals surface area contributed by atoms with Gasteiger partial charge in [-0.05, 0) is 42.5 Å². The summed E-state index contributed by atoms with van der Waals surface area (Å²) in [4.78, 5) is 0. The quantitative estimate of drug-likeness (QED) is 0.615. The van der Waals surface area contributed by atoms with E-state index in [9.17, 15) is 0 Å². The highest BCUT2D eigenvalue weighted by atomic mass is 32.2. The molecule has 4 nitrogen and oxygen atoms in total. The molecule has 0 spiro atoms. The molecule has 0 saturated heterocycles. The van der Waals surface area contributed by atoms with Gasteiger partial charge < -0.3 is 9.30 Å². The first-order valence-electron chi connectivity index (χ1n) is 7.94. The van der Waals surface area contributed by atoms with Gasteiger partial charge in [0.1, 0.15) is 5.75 Å². The molecule has 1 atom stereocenters. The van der Waals surface area contributed by atoms with Crippen molar-refractivity contribution in [2.75, 3.05) is 5.75 Å². The van der Waals surface area contributed by atoms with E-state index in [4.69, 9.17) is 4.74 Å². The lowest BCUT2D eigenvalue weighted by molar-refractivity contribution is 0.210. The smallest absolute Gasteiger partial charge is 0.191 e. The Labute approximate surface area is 140 Å². The van der Waals surface area contributed by atoms with Crippen molar-refractivity contribution in [2.24, 2.45) is 0 Å². The number of benzene rings is 2. The average Bonchev–Trinajstić information content (AvgIpc) is 2.98. The number of hydrogen-bond donors (Lipinski definition) is 0. The summed E-state index contributed by atoms with van der Waals surface area (Å²) < 4.78 is 8.23. The van der Waals surface area contributed by atoms with Crippen molar-refractivity contribution in [1.82, 2.24) is 14.8 Å². The Morgan fingerprint density at radius 1 is 1.09 bits per heavy atom. The van der Waals surface area contributed by atoms with Gasteiger partial charge in [0.25, 0.3) is 0 Å². The van der Waals surface area contributed by atoms with Crippen molar-refractivity contribution in [3.8, 4) is 5.75 Å². The number of ether oxygens (including phenoxy) is 1. The highest BCUT2D eigenvalue weighted by Gasteiger charge is 2.18. The summed E-state index contributed by atoms with van der Waals surface area (Å²) in [5.41, 5.74) is 0. The first-order valence-corrected chi connectivity index (χ1v) is 8.92. The minimum Gasteiger partial charge on any atom is -0.483 e. The van der Waals surface area contributed by atoms with Gasteiger partial charge in [-0.15, -0.1) is 10.2 Å². The van der Waals surface area contributed by atoms with E-state index in [2.05, 4.69) is 52.9 Å². The van der Waals surface area contributed by atoms with Crippen LogP contribution in [-0.2, 0) is 6.54 Å². The maximum Gasteiger partial charge on any atom is 0.191 e. The summed E-state index contributed by atoms with van der Waals surface area (Å²) in [5, 5.41) is 12.0. The fourth-order valence-electron chi connectivity index (χ4n) is 2.63. The summed E-state index contributed by atoms with van der Waals surface area (Å²) in [7, 11) is 0. The van der Waals surface area contributed by atoms with Crippen LogP contribution < -0.4 is 4.74 Å². The topological polar surface area (TPSA) is 39.9 Å². The number of thioether (sulfide) groups is 1. The van der Waals surface area contributed by atoms with Crippen LogP contribution in [0.2, 0.25) is 0 Å². The summed E-state index contributed by atoms with van der Waals surface area (Å²) in [6.45, 7) is 7.09. The van der Waals surface area contributed by atoms with Crippen LogP contribution in [0.4, 0.5) is 0 Å². The standard InChI is InChI=1S/C18H21N3OS/c1-4-21-17(19-20-18(21)23-5-2)13(3)22-16-11-10-14-8-6-7-9-15(14)12-16/h6-13H,4-5H2,1-3H3. The van der Waals surface area contributed by atoms with Crippen molar-refractivity contribution in [3.63, 3.8) is 0 Å². The second kappa shape index (κ2) is 7.04. The van der Waals surface area contributed by atoms with Crippen molar-refractivity contribution in [1.29, 1.82) is 0 Å². The summed E-state index contributed by atoms with van der Waals surface area (Å²) in [6.07, 6.45) is -0.144. The van der Waals surface area contributed by atoms with Gasteiger partial charge >= 0.3 is 0 Å². The number of hydrogen-bond acceptors (Lipinski definition) is 4. The van der Waals surface area contributed by atoms with Crippen molar-refractivity contribution in [3.05, 3.63) is 48.3 Å². The predicted molar refractivity (Wildman–Crippen MR) is 95.1 cm³/mol. The molecule has 2 aromatic carbocycles. The lowest BCUT2D eigenvalue weighted by atomic mass is 10.1. The largest absolute Gasteiger partial charge is 0.483 e. The first kappa shape index (κ1) is 15.9. The third kappa shape index (κ3) is 3.34. The average molecular weight is 327 g/mol. The number of fused-ring (bicyclic) bond motifs is 1. The molecule has 0 saturated carbocycles. The zero-order valence-electron chi connectivity index (χ0n) is 13.7. The highest BCUT2D eigenvalue weighted by molar-refractivity contribution is 7.99. The van der Waals surface area contributed by atoms with Crippen LogP contribution in [0, 0.1) is 0 Å². The van der Waals surface area contributed by atoms with Crippen LogP contribution >= 0.6 is 11.8 Å². The Hall–Kier alpha value is -2.01. The molecule has 3 aromatic rings. The van der Waals surface area contributed by atoms with Gasteiger partial charge in [0.15, 0.2) is 17.1 Å². The van der Waals surface area contributed by atoms with E-state index in [0.29, 0.717) is 0 Å². The summed E-state index contributed by atoms with van der Waals surface area (Å²) >= 11 is 1.71. The van der Waals surface area contributed by atoms with Gasteiger partial charge in [-0.3, -0.25) is 0 Å². The van der Waals surface area contributed by atoms with E-state index in [1.54, 1.807) is 11.8 Å². The predicted octanol–water partition coefficient (Wildman–Crippen LogP) is 4.70. The van der Waals surface area contributed by atoms with Crippen molar-refractivity contribution < 1.29 is 4.74 Å². The van der Waals surface area contributed by atoms with E-state index >= 15 is 0 Å². The molecule has 0 aliphatic carbocycles. The van der Waals surface area contributed by atoms with E-state index in [1.165, 1.54) is 10.8 Å². The van der Waals surface area contributed by atoms with Gasteiger partial charge in [-0.25, -0.2) is 0 Å². The minimum atomic E-state index is -0.144. The summed E-state index contributed by atoms with van der Waals surface area (Å²) in [5.74, 6) is 2.71. The van der Waals surface area contributed by atoms with E-state index in [0.717, 1.165) is 29.0 Å². The Kier molecular flexibility index (Phi) is 4.86. The zero-order valence-corrected chi connectivity index (χ0v) is 14.5. The van der Waals surface area contributed by atoms with E-state index in [1.807, 2.05) is 25.1 Å². The fourth-order valence-corrected chi connectivity index (χ4v) is 3.37. The van der Waals surface area contributed by atoms with Crippen LogP contribution in [0.3, 0.4) is 0 Å². The second-order valence-electron chi connectivity index (χ2n) is 5.29. The molecular weight excluding hydrogens is 306 g/mol. The molecular formula is C18H21N3OS. The Morgan fingerprint density at radius 2 is 1.87 bits per heavy atom. The van der Waals surface area contributed by atoms with Gasteiger partial charge in [0.2, 0.25) is 0 Å². The Morgan fingerprint density at radius 3 is 2.61 bits per heavy atom. The lowest BCUT2D eigenvalue weighted by Gasteiger charge is -2.16. The zero-order chi connectivity index (χ0) is 16.2. The molecule has 0 radical (unpaired) electrons. The molecule has 0 N–H and O–H groups in total. The highest BCUT2D eigenvalue weighted by Crippen LogP contribution is 2.26. The normalized spacial score (nSPS) is 12.5. The molecule has 0 aliphatic heterocycles. The minimum absolute atomic E-state index is 0.144. The van der Waals surface area contributed by atoms with Crippen molar-refractivity contribution >= 4 is 22.5 Å². The molecule has 0 amide bonds. The third-order valence-corrected chi connectivity index (χ3v) is 4.58. The van der Waals surface area contributed by atoms with Crippen LogP contribution in [0.15, 0.2) is 47.6 Å². The number of rotatable bonds is 6. The molecule has 0 aliphatic rings. The Balaban J connectivity index is 1.84. The molecule has 3 rings (SSSR count). The van der Waals surface area contributed by atoms with Crippen molar-refractivity contribution in [2.45, 2.75) is 38.6 Å². The lowest BCUT2D eigenvalue weighted by Crippen LogP contribution is -2.12. The number of aromatic nitrogens is 3. The molecule has 1 aromatic heterocycles. The van der Waals surface area contributed by atoms with Crippen LogP contribution in [0.1, 0.15) is 32.7 Å². The monoisotopic (exact) mass is 327 g/mol. The van der Waals surface area contributed by atoms with Gasteiger partial charge in [0, 0.05) is 6.54 Å². The van der Waals surface area contributed by atoms with Gasteiger partial charge in [-0.2, -0.15) is 0 Å². The van der Waals surface area contributed by atoms with E-state index in [-0.39, 0.29) is 6.10 Å². The first-order chi connectivity index (χ1) is 11.2. The molecule has 120 valence electrons. The van der Waals surface area contributed by atoms with Crippen LogP contribution in [0.5, 0.6) is 5.75 Å². The molecule has 1 heterocycles. The second-order valence-corrected chi connectivity index (χ2v) is 6.52. The molecule has 0 bridgehead atoms. The fraction of sp³-hybridized carbons (Fsp3) is 0.333. The number of nitrogens with zero attached hydrogens (tertiary/aromatic N) is 3. The van der Waals surface area contributed by atoms with Crippen LogP contribution in [0.25, 0.3) is 10.8 Å². The van der Waals surface area contributed by atoms with E-state index < -0.39 is 0 Å². The molecule has 23 heavy (non-hydrogen) atoms. The molecule has 0 fully saturated rings. The van der Waals surface area contributed by atoms with Crippen LogP contribution in [-0.4, -0.2) is 20.5 Å². The van der Waals surface area contributed by atoms with Gasteiger partial charge in [-0.1, -0.05) is 49.0 Å². The maximum atomic E-state index is 6.11. The summed E-state index contributed by atoms with van der Waals surface area (Å²) in [6, 6.07) is 14.4. The third-order valence-electron chi connectivity index (χ3n) is 3.73. The SMILES string of the molecule is CCSc1nnc(C(C)Oc2ccc3ccccc3c2)n1CC. The Bertz CT molecular complexity index is 800. The molecule has 1 unspecified atom stereocenters. The maximum absolute atomic E-state index is 6.11.